The Morgan fingerprint density at radius 3 is 1.97 bits per heavy atom. The van der Waals surface area contributed by atoms with Crippen molar-refractivity contribution in [2.24, 2.45) is 0 Å². The first-order chi connectivity index (χ1) is 13.8. The van der Waals surface area contributed by atoms with E-state index in [0.29, 0.717) is 0 Å². The van der Waals surface area contributed by atoms with Crippen molar-refractivity contribution in [3.8, 4) is 0 Å². The van der Waals surface area contributed by atoms with Gasteiger partial charge in [0, 0.05) is 12.6 Å². The quantitative estimate of drug-likeness (QED) is 0.304. The lowest BCUT2D eigenvalue weighted by atomic mass is 9.94. The van der Waals surface area contributed by atoms with Gasteiger partial charge in [0.05, 0.1) is 44.4 Å². The summed E-state index contributed by atoms with van der Waals surface area (Å²) in [6, 6.07) is -0.0747. The number of hydrogen-bond acceptors (Lipinski definition) is 4. The minimum absolute atomic E-state index is 0.0747. The lowest BCUT2D eigenvalue weighted by Crippen LogP contribution is -2.43. The van der Waals surface area contributed by atoms with Crippen LogP contribution in [0.15, 0.2) is 0 Å². The van der Waals surface area contributed by atoms with Gasteiger partial charge in [-0.25, -0.2) is 4.79 Å². The topological polar surface area (TPSA) is 66.8 Å². The zero-order chi connectivity index (χ0) is 21.6. The summed E-state index contributed by atoms with van der Waals surface area (Å²) in [4.78, 5) is 27.7. The molecular formula is C20H25Cl4NO4. The van der Waals surface area contributed by atoms with Crippen LogP contribution >= 0.6 is 46.4 Å². The summed E-state index contributed by atoms with van der Waals surface area (Å²) in [7, 11) is 0. The van der Waals surface area contributed by atoms with Crippen molar-refractivity contribution in [3.63, 3.8) is 0 Å². The largest absolute Gasteiger partial charge is 0.462 e. The maximum atomic E-state index is 13.6. The van der Waals surface area contributed by atoms with Crippen molar-refractivity contribution in [3.05, 3.63) is 31.2 Å². The van der Waals surface area contributed by atoms with Gasteiger partial charge < -0.3 is 14.7 Å². The molecule has 9 heteroatoms. The third kappa shape index (κ3) is 5.71. The van der Waals surface area contributed by atoms with Crippen LogP contribution in [0.5, 0.6) is 0 Å². The van der Waals surface area contributed by atoms with Gasteiger partial charge in [0.2, 0.25) is 0 Å². The fourth-order valence-corrected chi connectivity index (χ4v) is 4.69. The first-order valence-corrected chi connectivity index (χ1v) is 11.3. The molecule has 1 fully saturated rings. The predicted molar refractivity (Wildman–Crippen MR) is 117 cm³/mol. The highest BCUT2D eigenvalue weighted by molar-refractivity contribution is 6.54. The second-order valence-electron chi connectivity index (χ2n) is 6.95. The molecule has 162 valence electrons. The molecule has 5 nitrogen and oxygen atoms in total. The molecule has 2 rings (SSSR count). The molecule has 0 saturated heterocycles. The second-order valence-corrected chi connectivity index (χ2v) is 8.46. The van der Waals surface area contributed by atoms with Crippen molar-refractivity contribution < 1.29 is 19.4 Å². The van der Waals surface area contributed by atoms with Gasteiger partial charge in [-0.1, -0.05) is 78.5 Å². The molecule has 1 aliphatic rings. The van der Waals surface area contributed by atoms with E-state index in [9.17, 15) is 14.7 Å². The minimum Gasteiger partial charge on any atom is -0.462 e. The third-order valence-electron chi connectivity index (χ3n) is 5.08. The Labute approximate surface area is 191 Å². The molecular weight excluding hydrogens is 460 g/mol. The maximum absolute atomic E-state index is 13.6. The van der Waals surface area contributed by atoms with E-state index in [-0.39, 0.29) is 57.0 Å². The van der Waals surface area contributed by atoms with Crippen LogP contribution in [0.4, 0.5) is 0 Å². The van der Waals surface area contributed by atoms with Crippen LogP contribution in [0.3, 0.4) is 0 Å². The number of aliphatic hydroxyl groups is 1. The average Bonchev–Trinajstić information content (AvgIpc) is 2.67. The Hall–Kier alpha value is -0.720. The normalized spacial score (nSPS) is 15.5. The van der Waals surface area contributed by atoms with Gasteiger partial charge in [0.15, 0.2) is 0 Å². The summed E-state index contributed by atoms with van der Waals surface area (Å²) in [5.41, 5.74) is -0.341. The summed E-state index contributed by atoms with van der Waals surface area (Å²) in [6.07, 6.45) is 6.99. The number of ether oxygens (including phenoxy) is 1. The Bertz CT molecular complexity index is 749. The molecule has 0 heterocycles. The number of halogens is 4. The van der Waals surface area contributed by atoms with E-state index in [1.165, 1.54) is 6.42 Å². The number of rotatable bonds is 6. The van der Waals surface area contributed by atoms with Crippen molar-refractivity contribution in [2.45, 2.75) is 57.9 Å². The standard InChI is InChI=1S/C20H25Cl4NO4/c1-2-29-20(28)14-13(15(21)17(23)18(24)16(14)22)19(27)25(10-11-26)12-8-6-4-3-5-7-9-12/h12,26H,2-11H2,1H3. The Morgan fingerprint density at radius 2 is 1.45 bits per heavy atom. The van der Waals surface area contributed by atoms with Gasteiger partial charge in [-0.2, -0.15) is 0 Å². The van der Waals surface area contributed by atoms with Gasteiger partial charge >= 0.3 is 5.97 Å². The van der Waals surface area contributed by atoms with Crippen LogP contribution in [-0.4, -0.2) is 47.7 Å². The first kappa shape index (κ1) is 24.5. The van der Waals surface area contributed by atoms with E-state index >= 15 is 0 Å². The molecule has 0 bridgehead atoms. The lowest BCUT2D eigenvalue weighted by molar-refractivity contribution is 0.0507. The number of aliphatic hydroxyl groups excluding tert-OH is 1. The van der Waals surface area contributed by atoms with Crippen molar-refractivity contribution in [2.75, 3.05) is 19.8 Å². The van der Waals surface area contributed by atoms with E-state index < -0.39 is 11.9 Å². The molecule has 0 aromatic heterocycles. The molecule has 1 aromatic carbocycles. The van der Waals surface area contributed by atoms with E-state index in [1.54, 1.807) is 11.8 Å². The van der Waals surface area contributed by atoms with Crippen molar-refractivity contribution in [1.82, 2.24) is 4.90 Å². The highest BCUT2D eigenvalue weighted by Gasteiger charge is 2.34. The fraction of sp³-hybridized carbons (Fsp3) is 0.600. The van der Waals surface area contributed by atoms with Crippen LogP contribution < -0.4 is 0 Å². The minimum atomic E-state index is -0.803. The zero-order valence-corrected chi connectivity index (χ0v) is 19.3. The molecule has 0 atom stereocenters. The molecule has 29 heavy (non-hydrogen) atoms. The number of benzene rings is 1. The molecule has 0 aliphatic heterocycles. The summed E-state index contributed by atoms with van der Waals surface area (Å²) >= 11 is 24.9. The van der Waals surface area contributed by atoms with Gasteiger partial charge in [-0.3, -0.25) is 4.79 Å². The van der Waals surface area contributed by atoms with Gasteiger partial charge in [-0.05, 0) is 19.8 Å². The first-order valence-electron chi connectivity index (χ1n) is 9.79. The van der Waals surface area contributed by atoms with Gasteiger partial charge in [0.1, 0.15) is 0 Å². The molecule has 0 radical (unpaired) electrons. The average molecular weight is 485 g/mol. The van der Waals surface area contributed by atoms with Crippen molar-refractivity contribution >= 4 is 58.3 Å². The molecule has 1 amide bonds. The van der Waals surface area contributed by atoms with Gasteiger partial charge in [0.25, 0.3) is 5.91 Å². The summed E-state index contributed by atoms with van der Waals surface area (Å²) < 4.78 is 5.07. The number of hydrogen-bond donors (Lipinski definition) is 1. The van der Waals surface area contributed by atoms with Crippen molar-refractivity contribution in [1.29, 1.82) is 0 Å². The van der Waals surface area contributed by atoms with Crippen LogP contribution in [-0.2, 0) is 4.74 Å². The Morgan fingerprint density at radius 1 is 0.931 bits per heavy atom. The molecule has 1 saturated carbocycles. The molecule has 1 aromatic rings. The predicted octanol–water partition coefficient (Wildman–Crippen LogP) is 6.02. The number of amides is 1. The van der Waals surface area contributed by atoms with Crippen LogP contribution in [0, 0.1) is 0 Å². The molecule has 1 aliphatic carbocycles. The summed E-state index contributed by atoms with van der Waals surface area (Å²) in [5, 5.41) is 9.04. The second kappa shape index (κ2) is 11.6. The third-order valence-corrected chi connectivity index (χ3v) is 6.88. The van der Waals surface area contributed by atoms with E-state index in [2.05, 4.69) is 0 Å². The number of nitrogens with zero attached hydrogens (tertiary/aromatic N) is 1. The maximum Gasteiger partial charge on any atom is 0.340 e. The Balaban J connectivity index is 2.56. The van der Waals surface area contributed by atoms with Gasteiger partial charge in [-0.15, -0.1) is 0 Å². The Kier molecular flexibility index (Phi) is 9.83. The summed E-state index contributed by atoms with van der Waals surface area (Å²) in [6.45, 7) is 1.62. The highest BCUT2D eigenvalue weighted by atomic mass is 35.5. The van der Waals surface area contributed by atoms with E-state index in [1.807, 2.05) is 0 Å². The lowest BCUT2D eigenvalue weighted by Gasteiger charge is -2.33. The van der Waals surface area contributed by atoms with E-state index in [0.717, 1.165) is 38.5 Å². The van der Waals surface area contributed by atoms with Crippen LogP contribution in [0.2, 0.25) is 20.1 Å². The number of carbonyl (C=O) groups excluding carboxylic acids is 2. The number of esters is 1. The number of carbonyl (C=O) groups is 2. The smallest absolute Gasteiger partial charge is 0.340 e. The van der Waals surface area contributed by atoms with Crippen LogP contribution in [0.25, 0.3) is 0 Å². The SMILES string of the molecule is CCOC(=O)c1c(Cl)c(Cl)c(Cl)c(Cl)c1C(=O)N(CCO)C1CCCCCCC1. The molecule has 1 N–H and O–H groups in total. The molecule has 0 unspecified atom stereocenters. The molecule has 0 spiro atoms. The highest BCUT2D eigenvalue weighted by Crippen LogP contribution is 2.42. The van der Waals surface area contributed by atoms with E-state index in [4.69, 9.17) is 51.1 Å². The fourth-order valence-electron chi connectivity index (χ4n) is 3.67. The zero-order valence-electron chi connectivity index (χ0n) is 16.3. The monoisotopic (exact) mass is 483 g/mol. The van der Waals surface area contributed by atoms with Crippen LogP contribution in [0.1, 0.15) is 72.6 Å². The summed E-state index contributed by atoms with van der Waals surface area (Å²) in [5.74, 6) is -1.32.